The number of oxime groups is 1. The van der Waals surface area contributed by atoms with Crippen molar-refractivity contribution >= 4 is 12.0 Å². The van der Waals surface area contributed by atoms with Crippen molar-refractivity contribution in [1.82, 2.24) is 0 Å². The van der Waals surface area contributed by atoms with Crippen LogP contribution in [0.5, 0.6) is 0 Å². The highest BCUT2D eigenvalue weighted by Gasteiger charge is 2.59. The zero-order valence-corrected chi connectivity index (χ0v) is 8.38. The van der Waals surface area contributed by atoms with Gasteiger partial charge in [0.05, 0.1) is 0 Å². The van der Waals surface area contributed by atoms with Crippen molar-refractivity contribution in [2.24, 2.45) is 5.16 Å². The zero-order valence-electron chi connectivity index (χ0n) is 8.38. The van der Waals surface area contributed by atoms with Crippen LogP contribution in [0.15, 0.2) is 5.16 Å². The summed E-state index contributed by atoms with van der Waals surface area (Å²) in [6.45, 7) is 3.61. The summed E-state index contributed by atoms with van der Waals surface area (Å²) in [5.41, 5.74) is 0.263. The van der Waals surface area contributed by atoms with Crippen molar-refractivity contribution in [3.05, 3.63) is 0 Å². The van der Waals surface area contributed by atoms with E-state index >= 15 is 0 Å². The summed E-state index contributed by atoms with van der Waals surface area (Å²) in [5, 5.41) is 3.63. The highest BCUT2D eigenvalue weighted by Crippen LogP contribution is 2.40. The fourth-order valence-corrected chi connectivity index (χ4v) is 2.09. The molecule has 0 unspecified atom stereocenters. The molecule has 0 radical (unpaired) electrons. The van der Waals surface area contributed by atoms with Crippen molar-refractivity contribution in [2.75, 3.05) is 0 Å². The molecule has 2 fully saturated rings. The molecule has 0 saturated carbocycles. The summed E-state index contributed by atoms with van der Waals surface area (Å²) in [7, 11) is 0. The van der Waals surface area contributed by atoms with E-state index in [1.54, 1.807) is 13.8 Å². The number of aldehydes is 1. The molecular formula is C9H11NO5. The van der Waals surface area contributed by atoms with Crippen LogP contribution >= 0.6 is 0 Å². The molecule has 0 aromatic heterocycles. The molecule has 82 valence electrons. The van der Waals surface area contributed by atoms with Gasteiger partial charge in [-0.1, -0.05) is 5.16 Å². The lowest BCUT2D eigenvalue weighted by atomic mass is 10.1. The van der Waals surface area contributed by atoms with Crippen LogP contribution in [0.4, 0.5) is 0 Å². The van der Waals surface area contributed by atoms with E-state index in [4.69, 9.17) is 19.0 Å². The summed E-state index contributed by atoms with van der Waals surface area (Å²) in [4.78, 5) is 15.7. The van der Waals surface area contributed by atoms with Crippen molar-refractivity contribution in [3.8, 4) is 0 Å². The third-order valence-electron chi connectivity index (χ3n) is 2.68. The SMILES string of the molecule is CC1(C)O[C@H]2O[C@@H]3C(C=O)=NO[C@@H]3[C@H]2O1. The van der Waals surface area contributed by atoms with Crippen LogP contribution in [-0.2, 0) is 23.8 Å². The monoisotopic (exact) mass is 213 g/mol. The van der Waals surface area contributed by atoms with E-state index in [-0.39, 0.29) is 17.9 Å². The standard InChI is InChI=1S/C9H11NO5/c1-9(2)13-7-6-5(12-8(7)14-9)4(3-11)10-15-6/h3,5-8H,1-2H3/t5-,6+,7-,8-/m1/s1. The fraction of sp³-hybridized carbons (Fsp3) is 0.778. The Morgan fingerprint density at radius 2 is 2.13 bits per heavy atom. The van der Waals surface area contributed by atoms with Crippen LogP contribution in [0.2, 0.25) is 0 Å². The average molecular weight is 213 g/mol. The van der Waals surface area contributed by atoms with Crippen LogP contribution in [0.25, 0.3) is 0 Å². The third-order valence-corrected chi connectivity index (χ3v) is 2.68. The average Bonchev–Trinajstić information content (AvgIpc) is 2.73. The molecule has 3 heterocycles. The van der Waals surface area contributed by atoms with Gasteiger partial charge in [-0.2, -0.15) is 0 Å². The maximum atomic E-state index is 10.6. The predicted octanol–water partition coefficient (Wildman–Crippen LogP) is -0.184. The molecule has 2 saturated heterocycles. The van der Waals surface area contributed by atoms with E-state index in [1.807, 2.05) is 0 Å². The van der Waals surface area contributed by atoms with Gasteiger partial charge in [0.15, 0.2) is 42.4 Å². The Labute approximate surface area is 86.1 Å². The summed E-state index contributed by atoms with van der Waals surface area (Å²) >= 11 is 0. The van der Waals surface area contributed by atoms with Gasteiger partial charge in [-0.05, 0) is 13.8 Å². The topological polar surface area (TPSA) is 66.4 Å². The van der Waals surface area contributed by atoms with E-state index in [0.717, 1.165) is 0 Å². The second kappa shape index (κ2) is 2.78. The molecule has 4 atom stereocenters. The largest absolute Gasteiger partial charge is 0.386 e. The number of hydrogen-bond acceptors (Lipinski definition) is 6. The first-order valence-corrected chi connectivity index (χ1v) is 4.81. The molecule has 3 aliphatic rings. The van der Waals surface area contributed by atoms with Gasteiger partial charge >= 0.3 is 0 Å². The Kier molecular flexibility index (Phi) is 1.72. The van der Waals surface area contributed by atoms with Gasteiger partial charge < -0.3 is 19.0 Å². The molecule has 0 N–H and O–H groups in total. The van der Waals surface area contributed by atoms with Gasteiger partial charge in [-0.15, -0.1) is 0 Å². The Morgan fingerprint density at radius 3 is 2.87 bits per heavy atom. The number of ether oxygens (including phenoxy) is 3. The molecule has 15 heavy (non-hydrogen) atoms. The fourth-order valence-electron chi connectivity index (χ4n) is 2.09. The third kappa shape index (κ3) is 1.22. The lowest BCUT2D eigenvalue weighted by Gasteiger charge is -2.20. The highest BCUT2D eigenvalue weighted by molar-refractivity contribution is 6.31. The molecule has 0 amide bonds. The molecule has 6 heteroatoms. The van der Waals surface area contributed by atoms with Crippen LogP contribution in [0, 0.1) is 0 Å². The van der Waals surface area contributed by atoms with Gasteiger partial charge in [0, 0.05) is 0 Å². The van der Waals surface area contributed by atoms with Crippen molar-refractivity contribution in [1.29, 1.82) is 0 Å². The number of nitrogens with zero attached hydrogens (tertiary/aromatic N) is 1. The molecule has 3 rings (SSSR count). The second-order valence-electron chi connectivity index (χ2n) is 4.23. The summed E-state index contributed by atoms with van der Waals surface area (Å²) in [5.74, 6) is -0.673. The Hall–Kier alpha value is -0.980. The molecular weight excluding hydrogens is 202 g/mol. The van der Waals surface area contributed by atoms with E-state index in [2.05, 4.69) is 5.16 Å². The van der Waals surface area contributed by atoms with Crippen molar-refractivity contribution < 1.29 is 23.8 Å². The summed E-state index contributed by atoms with van der Waals surface area (Å²) < 4.78 is 16.6. The second-order valence-corrected chi connectivity index (χ2v) is 4.23. The van der Waals surface area contributed by atoms with Gasteiger partial charge in [-0.25, -0.2) is 0 Å². The van der Waals surface area contributed by atoms with Crippen molar-refractivity contribution in [2.45, 2.75) is 44.2 Å². The van der Waals surface area contributed by atoms with Crippen LogP contribution in [0.1, 0.15) is 13.8 Å². The lowest BCUT2D eigenvalue weighted by Crippen LogP contribution is -2.35. The van der Waals surface area contributed by atoms with Crippen LogP contribution in [0.3, 0.4) is 0 Å². The Morgan fingerprint density at radius 1 is 1.33 bits per heavy atom. The molecule has 0 aromatic rings. The quantitative estimate of drug-likeness (QED) is 0.565. The van der Waals surface area contributed by atoms with E-state index < -0.39 is 18.2 Å². The first-order valence-electron chi connectivity index (χ1n) is 4.81. The molecule has 0 bridgehead atoms. The number of hydrogen-bond donors (Lipinski definition) is 0. The van der Waals surface area contributed by atoms with E-state index in [1.165, 1.54) is 0 Å². The van der Waals surface area contributed by atoms with E-state index in [9.17, 15) is 4.79 Å². The first-order chi connectivity index (χ1) is 7.11. The van der Waals surface area contributed by atoms with Gasteiger partial charge in [0.25, 0.3) is 0 Å². The number of fused-ring (bicyclic) bond motifs is 3. The Bertz CT molecular complexity index is 339. The normalized spacial score (nSPS) is 45.6. The molecule has 0 aromatic carbocycles. The predicted molar refractivity (Wildman–Crippen MR) is 47.1 cm³/mol. The minimum atomic E-state index is -0.673. The van der Waals surface area contributed by atoms with E-state index in [0.29, 0.717) is 6.29 Å². The Balaban J connectivity index is 1.82. The van der Waals surface area contributed by atoms with Crippen molar-refractivity contribution in [3.63, 3.8) is 0 Å². The minimum Gasteiger partial charge on any atom is -0.386 e. The highest BCUT2D eigenvalue weighted by atomic mass is 16.9. The smallest absolute Gasteiger partial charge is 0.192 e. The summed E-state index contributed by atoms with van der Waals surface area (Å²) in [6.07, 6.45) is -0.964. The van der Waals surface area contributed by atoms with Gasteiger partial charge in [0.2, 0.25) is 0 Å². The molecule has 0 aliphatic carbocycles. The van der Waals surface area contributed by atoms with Crippen LogP contribution in [-0.4, -0.2) is 42.4 Å². The maximum Gasteiger partial charge on any atom is 0.192 e. The lowest BCUT2D eigenvalue weighted by molar-refractivity contribution is -0.206. The number of carbonyl (C=O) groups excluding carboxylic acids is 1. The summed E-state index contributed by atoms with van der Waals surface area (Å²) in [6, 6.07) is 0. The van der Waals surface area contributed by atoms with Gasteiger partial charge in [-0.3, -0.25) is 4.79 Å². The number of rotatable bonds is 1. The van der Waals surface area contributed by atoms with Crippen LogP contribution < -0.4 is 0 Å². The first kappa shape index (κ1) is 9.26. The number of carbonyl (C=O) groups is 1. The molecule has 3 aliphatic heterocycles. The maximum absolute atomic E-state index is 10.6. The zero-order chi connectivity index (χ0) is 10.6. The molecule has 0 spiro atoms. The minimum absolute atomic E-state index is 0.263. The molecule has 6 nitrogen and oxygen atoms in total. The van der Waals surface area contributed by atoms with Gasteiger partial charge in [0.1, 0.15) is 0 Å².